The van der Waals surface area contributed by atoms with E-state index >= 15 is 0 Å². The second-order valence-corrected chi connectivity index (χ2v) is 6.14. The minimum absolute atomic E-state index is 0.00254. The maximum absolute atomic E-state index is 12.6. The lowest BCUT2D eigenvalue weighted by Crippen LogP contribution is -2.13. The monoisotopic (exact) mass is 416 g/mol. The minimum atomic E-state index is -1.23. The summed E-state index contributed by atoms with van der Waals surface area (Å²) < 4.78 is 10.6. The number of amides is 1. The quantitative estimate of drug-likeness (QED) is 0.447. The minimum Gasteiger partial charge on any atom is -0.493 e. The summed E-state index contributed by atoms with van der Waals surface area (Å²) in [6.45, 7) is 0. The van der Waals surface area contributed by atoms with E-state index in [0.717, 1.165) is 0 Å². The van der Waals surface area contributed by atoms with Crippen molar-refractivity contribution in [1.29, 1.82) is 0 Å². The van der Waals surface area contributed by atoms with E-state index in [0.29, 0.717) is 0 Å². The molecule has 29 heavy (non-hydrogen) atoms. The number of benzene rings is 2. The molecule has 0 atom stereocenters. The fourth-order valence-corrected chi connectivity index (χ4v) is 2.94. The number of hydrogen-bond donors (Lipinski definition) is 2. The van der Waals surface area contributed by atoms with Gasteiger partial charge in [0.05, 0.1) is 33.9 Å². The van der Waals surface area contributed by atoms with Crippen LogP contribution in [0.2, 0.25) is 5.02 Å². The largest absolute Gasteiger partial charge is 0.493 e. The molecule has 0 aliphatic rings. The van der Waals surface area contributed by atoms with Crippen molar-refractivity contribution in [3.63, 3.8) is 0 Å². The Kier molecular flexibility index (Phi) is 5.51. The van der Waals surface area contributed by atoms with Crippen molar-refractivity contribution >= 4 is 34.9 Å². The summed E-state index contributed by atoms with van der Waals surface area (Å²) >= 11 is 6.01. The zero-order valence-corrected chi connectivity index (χ0v) is 15.6. The molecule has 0 unspecified atom stereocenters. The van der Waals surface area contributed by atoms with Crippen molar-refractivity contribution in [3.8, 4) is 17.1 Å². The van der Waals surface area contributed by atoms with Gasteiger partial charge in [0.15, 0.2) is 11.5 Å². The fourth-order valence-electron chi connectivity index (χ4n) is 2.65. The average Bonchev–Trinajstić information content (AvgIpc) is 3.18. The molecule has 2 aromatic carbocycles. The molecule has 3 aromatic rings. The molecular formula is C19H13ClN2O7. The highest BCUT2D eigenvalue weighted by molar-refractivity contribution is 6.33. The number of carboxylic acid groups (broad SMARTS) is 1. The summed E-state index contributed by atoms with van der Waals surface area (Å²) in [4.78, 5) is 34.4. The van der Waals surface area contributed by atoms with E-state index in [9.17, 15) is 19.7 Å². The van der Waals surface area contributed by atoms with E-state index in [1.54, 1.807) is 6.07 Å². The van der Waals surface area contributed by atoms with Crippen molar-refractivity contribution in [2.75, 3.05) is 12.4 Å². The molecular weight excluding hydrogens is 404 g/mol. The number of rotatable bonds is 6. The number of nitro groups is 1. The molecule has 0 spiro atoms. The Morgan fingerprint density at radius 1 is 1.21 bits per heavy atom. The Balaban J connectivity index is 1.93. The zero-order valence-electron chi connectivity index (χ0n) is 14.8. The van der Waals surface area contributed by atoms with Gasteiger partial charge in [-0.1, -0.05) is 23.7 Å². The van der Waals surface area contributed by atoms with E-state index < -0.39 is 16.8 Å². The van der Waals surface area contributed by atoms with Gasteiger partial charge in [0.2, 0.25) is 0 Å². The van der Waals surface area contributed by atoms with Crippen LogP contribution in [0.4, 0.5) is 11.4 Å². The van der Waals surface area contributed by atoms with Crippen LogP contribution in [0.15, 0.2) is 52.9 Å². The summed E-state index contributed by atoms with van der Waals surface area (Å²) in [6.07, 6.45) is 0. The highest BCUT2D eigenvalue weighted by Gasteiger charge is 2.21. The number of anilines is 1. The molecule has 1 heterocycles. The summed E-state index contributed by atoms with van der Waals surface area (Å²) in [5.74, 6) is -1.88. The molecule has 3 rings (SSSR count). The molecule has 0 fully saturated rings. The van der Waals surface area contributed by atoms with Gasteiger partial charge in [-0.3, -0.25) is 14.9 Å². The van der Waals surface area contributed by atoms with Gasteiger partial charge >= 0.3 is 5.97 Å². The van der Waals surface area contributed by atoms with Crippen molar-refractivity contribution in [3.05, 3.63) is 75.0 Å². The van der Waals surface area contributed by atoms with Crippen molar-refractivity contribution in [2.45, 2.75) is 0 Å². The Morgan fingerprint density at radius 2 is 1.93 bits per heavy atom. The summed E-state index contributed by atoms with van der Waals surface area (Å²) in [5, 5.41) is 22.8. The number of aromatic carboxylic acids is 1. The third-order valence-electron chi connectivity index (χ3n) is 3.94. The number of carboxylic acids is 1. The van der Waals surface area contributed by atoms with Gasteiger partial charge in [0.1, 0.15) is 5.76 Å². The number of nitrogens with zero attached hydrogens (tertiary/aromatic N) is 1. The first-order valence-corrected chi connectivity index (χ1v) is 8.45. The summed E-state index contributed by atoms with van der Waals surface area (Å²) in [6, 6.07) is 11.1. The third-order valence-corrected chi connectivity index (χ3v) is 4.22. The lowest BCUT2D eigenvalue weighted by atomic mass is 10.1. The number of furan rings is 1. The van der Waals surface area contributed by atoms with Crippen LogP contribution in [0.5, 0.6) is 5.75 Å². The van der Waals surface area contributed by atoms with Crippen LogP contribution in [0.3, 0.4) is 0 Å². The Morgan fingerprint density at radius 3 is 2.59 bits per heavy atom. The Hall–Kier alpha value is -3.85. The summed E-state index contributed by atoms with van der Waals surface area (Å²) in [7, 11) is 1.32. The van der Waals surface area contributed by atoms with E-state index in [1.807, 2.05) is 0 Å². The third kappa shape index (κ3) is 4.04. The molecule has 0 bridgehead atoms. The van der Waals surface area contributed by atoms with Crippen LogP contribution < -0.4 is 10.1 Å². The Bertz CT molecular complexity index is 1120. The number of carbonyl (C=O) groups is 2. The normalized spacial score (nSPS) is 10.4. The maximum atomic E-state index is 12.6. The number of nitrogens with one attached hydrogen (secondary N) is 1. The highest BCUT2D eigenvalue weighted by Crippen LogP contribution is 2.35. The van der Waals surface area contributed by atoms with E-state index in [2.05, 4.69) is 5.32 Å². The van der Waals surface area contributed by atoms with Gasteiger partial charge in [-0.2, -0.15) is 0 Å². The van der Waals surface area contributed by atoms with Crippen molar-refractivity contribution in [1.82, 2.24) is 0 Å². The van der Waals surface area contributed by atoms with Crippen LogP contribution >= 0.6 is 11.6 Å². The Labute approximate surface area is 168 Å². The van der Waals surface area contributed by atoms with Crippen LogP contribution in [0.1, 0.15) is 20.9 Å². The molecule has 1 aromatic heterocycles. The van der Waals surface area contributed by atoms with E-state index in [4.69, 9.17) is 25.9 Å². The number of hydrogen-bond acceptors (Lipinski definition) is 6. The van der Waals surface area contributed by atoms with Crippen LogP contribution in [0.25, 0.3) is 11.3 Å². The van der Waals surface area contributed by atoms with Crippen LogP contribution in [0, 0.1) is 10.1 Å². The van der Waals surface area contributed by atoms with Gasteiger partial charge in [0, 0.05) is 6.07 Å². The first-order valence-electron chi connectivity index (χ1n) is 8.07. The first kappa shape index (κ1) is 19.9. The van der Waals surface area contributed by atoms with Gasteiger partial charge in [-0.15, -0.1) is 0 Å². The first-order chi connectivity index (χ1) is 13.8. The number of methoxy groups -OCH3 is 1. The predicted octanol–water partition coefficient (Wildman–Crippen LogP) is 4.47. The van der Waals surface area contributed by atoms with E-state index in [1.165, 1.54) is 49.6 Å². The molecule has 148 valence electrons. The maximum Gasteiger partial charge on any atom is 0.335 e. The van der Waals surface area contributed by atoms with Gasteiger partial charge < -0.3 is 19.6 Å². The van der Waals surface area contributed by atoms with Gasteiger partial charge in [0.25, 0.3) is 11.6 Å². The highest BCUT2D eigenvalue weighted by atomic mass is 35.5. The lowest BCUT2D eigenvalue weighted by molar-refractivity contribution is -0.384. The smallest absolute Gasteiger partial charge is 0.335 e. The molecule has 0 radical (unpaired) electrons. The fraction of sp³-hybridized carbons (Fsp3) is 0.0526. The molecule has 10 heteroatoms. The summed E-state index contributed by atoms with van der Waals surface area (Å²) in [5.41, 5.74) is -0.0707. The average molecular weight is 417 g/mol. The number of nitro benzene ring substituents is 1. The number of halogens is 1. The molecule has 0 saturated heterocycles. The number of ether oxygens (including phenoxy) is 1. The molecule has 2 N–H and O–H groups in total. The lowest BCUT2D eigenvalue weighted by Gasteiger charge is -2.12. The van der Waals surface area contributed by atoms with Gasteiger partial charge in [-0.05, 0) is 30.3 Å². The molecule has 9 nitrogen and oxygen atoms in total. The molecule has 1 amide bonds. The van der Waals surface area contributed by atoms with Crippen molar-refractivity contribution < 1.29 is 28.8 Å². The molecule has 0 saturated carbocycles. The van der Waals surface area contributed by atoms with Gasteiger partial charge in [-0.25, -0.2) is 4.79 Å². The second kappa shape index (κ2) is 8.03. The second-order valence-electron chi connectivity index (χ2n) is 5.74. The topological polar surface area (TPSA) is 132 Å². The van der Waals surface area contributed by atoms with Crippen molar-refractivity contribution in [2.24, 2.45) is 0 Å². The zero-order chi connectivity index (χ0) is 21.1. The van der Waals surface area contributed by atoms with Crippen LogP contribution in [-0.2, 0) is 0 Å². The SMILES string of the molecule is COc1c(Cl)cc(C(=O)O)cc1NC(=O)c1ccc(-c2ccccc2[N+](=O)[O-])o1. The van der Waals surface area contributed by atoms with E-state index in [-0.39, 0.29) is 44.8 Å². The van der Waals surface area contributed by atoms with Crippen LogP contribution in [-0.4, -0.2) is 29.0 Å². The predicted molar refractivity (Wildman–Crippen MR) is 104 cm³/mol. The standard InChI is InChI=1S/C19H13ClN2O7/c1-28-17-12(20)8-10(19(24)25)9-13(17)21-18(23)16-7-6-15(29-16)11-4-2-3-5-14(11)22(26)27/h2-9H,1H3,(H,21,23)(H,24,25). The molecule has 0 aliphatic carbocycles. The molecule has 0 aliphatic heterocycles. The number of para-hydroxylation sites is 1. The number of carbonyl (C=O) groups excluding carboxylic acids is 1.